The third-order valence-electron chi connectivity index (χ3n) is 3.07. The molecule has 0 radical (unpaired) electrons. The van der Waals surface area contributed by atoms with Crippen LogP contribution in [0.1, 0.15) is 0 Å². The van der Waals surface area contributed by atoms with Crippen molar-refractivity contribution in [1.82, 2.24) is 0 Å². The van der Waals surface area contributed by atoms with Crippen LogP contribution < -0.4 is 20.1 Å². The number of methoxy groups -OCH3 is 1. The van der Waals surface area contributed by atoms with E-state index in [9.17, 15) is 0 Å². The lowest BCUT2D eigenvalue weighted by atomic mass is 10.2. The van der Waals surface area contributed by atoms with Gasteiger partial charge in [-0.05, 0) is 36.4 Å². The summed E-state index contributed by atoms with van der Waals surface area (Å²) in [4.78, 5) is 2.11. The molecule has 2 aromatic carbocycles. The molecule has 0 amide bonds. The molecule has 0 fully saturated rings. The molecule has 2 rings (SSSR count). The van der Waals surface area contributed by atoms with Gasteiger partial charge in [-0.25, -0.2) is 0 Å². The van der Waals surface area contributed by atoms with Crippen molar-refractivity contribution in [3.8, 4) is 11.5 Å². The minimum Gasteiger partial charge on any atom is -0.495 e. The van der Waals surface area contributed by atoms with E-state index in [2.05, 4.69) is 4.90 Å². The lowest BCUT2D eigenvalue weighted by Gasteiger charge is -2.21. The number of ether oxygens (including phenoxy) is 2. The van der Waals surface area contributed by atoms with Crippen molar-refractivity contribution in [3.05, 3.63) is 48.5 Å². The Balaban J connectivity index is 1.89. The molecule has 0 aliphatic carbocycles. The molecule has 0 saturated heterocycles. The number of rotatable bonds is 6. The summed E-state index contributed by atoms with van der Waals surface area (Å²) in [5.74, 6) is 1.69. The highest BCUT2D eigenvalue weighted by Gasteiger charge is 2.06. The van der Waals surface area contributed by atoms with E-state index in [-0.39, 0.29) is 0 Å². The maximum Gasteiger partial charge on any atom is 0.142 e. The predicted octanol–water partition coefficient (Wildman–Crippen LogP) is 2.79. The van der Waals surface area contributed by atoms with Gasteiger partial charge in [-0.1, -0.05) is 12.1 Å². The Bertz CT molecular complexity index is 540. The van der Waals surface area contributed by atoms with Crippen LogP contribution in [0, 0.1) is 0 Å². The van der Waals surface area contributed by atoms with E-state index in [0.717, 1.165) is 29.4 Å². The minimum atomic E-state index is 0.596. The molecule has 4 heteroatoms. The molecule has 0 saturated carbocycles. The Hall–Kier alpha value is -2.36. The molecule has 0 aliphatic heterocycles. The van der Waals surface area contributed by atoms with Gasteiger partial charge in [0.15, 0.2) is 0 Å². The van der Waals surface area contributed by atoms with Gasteiger partial charge in [0.2, 0.25) is 0 Å². The molecule has 0 aliphatic rings. The fourth-order valence-electron chi connectivity index (χ4n) is 1.93. The Morgan fingerprint density at radius 2 is 1.75 bits per heavy atom. The summed E-state index contributed by atoms with van der Waals surface area (Å²) in [5, 5.41) is 0. The van der Waals surface area contributed by atoms with E-state index >= 15 is 0 Å². The summed E-state index contributed by atoms with van der Waals surface area (Å²) in [6, 6.07) is 15.3. The van der Waals surface area contributed by atoms with E-state index in [0.29, 0.717) is 6.61 Å². The summed E-state index contributed by atoms with van der Waals surface area (Å²) < 4.78 is 11.0. The third kappa shape index (κ3) is 3.57. The SMILES string of the molecule is COc1ccccc1N(C)CCOc1ccc(N)cc1. The van der Waals surface area contributed by atoms with Gasteiger partial charge in [0, 0.05) is 12.7 Å². The average Bonchev–Trinajstić information content (AvgIpc) is 2.49. The van der Waals surface area contributed by atoms with Gasteiger partial charge < -0.3 is 20.1 Å². The van der Waals surface area contributed by atoms with Crippen LogP contribution in [0.25, 0.3) is 0 Å². The molecule has 0 bridgehead atoms. The molecule has 20 heavy (non-hydrogen) atoms. The highest BCUT2D eigenvalue weighted by Crippen LogP contribution is 2.26. The maximum absolute atomic E-state index is 5.69. The number of likely N-dealkylation sites (N-methyl/N-ethyl adjacent to an activating group) is 1. The Morgan fingerprint density at radius 1 is 1.05 bits per heavy atom. The summed E-state index contributed by atoms with van der Waals surface area (Å²) in [5.41, 5.74) is 7.42. The van der Waals surface area contributed by atoms with Crippen molar-refractivity contribution in [3.63, 3.8) is 0 Å². The summed E-state index contributed by atoms with van der Waals surface area (Å²) >= 11 is 0. The van der Waals surface area contributed by atoms with Crippen LogP contribution in [0.3, 0.4) is 0 Å². The van der Waals surface area contributed by atoms with Crippen LogP contribution in [-0.4, -0.2) is 27.3 Å². The van der Waals surface area contributed by atoms with Gasteiger partial charge in [-0.15, -0.1) is 0 Å². The van der Waals surface area contributed by atoms with E-state index in [1.807, 2.05) is 55.6 Å². The molecular weight excluding hydrogens is 252 g/mol. The average molecular weight is 272 g/mol. The second kappa shape index (κ2) is 6.70. The maximum atomic E-state index is 5.69. The van der Waals surface area contributed by atoms with Gasteiger partial charge >= 0.3 is 0 Å². The van der Waals surface area contributed by atoms with E-state index < -0.39 is 0 Å². The Kier molecular flexibility index (Phi) is 4.71. The van der Waals surface area contributed by atoms with Gasteiger partial charge in [-0.2, -0.15) is 0 Å². The number of nitrogens with zero attached hydrogens (tertiary/aromatic N) is 1. The molecule has 0 aromatic heterocycles. The third-order valence-corrected chi connectivity index (χ3v) is 3.07. The zero-order chi connectivity index (χ0) is 14.4. The first-order chi connectivity index (χ1) is 9.70. The van der Waals surface area contributed by atoms with Gasteiger partial charge in [0.05, 0.1) is 19.3 Å². The molecule has 0 unspecified atom stereocenters. The van der Waals surface area contributed by atoms with Crippen molar-refractivity contribution in [2.45, 2.75) is 0 Å². The molecule has 106 valence electrons. The molecule has 4 nitrogen and oxygen atoms in total. The predicted molar refractivity (Wildman–Crippen MR) is 82.6 cm³/mol. The van der Waals surface area contributed by atoms with E-state index in [1.54, 1.807) is 7.11 Å². The number of hydrogen-bond donors (Lipinski definition) is 1. The van der Waals surface area contributed by atoms with Crippen LogP contribution in [0.5, 0.6) is 11.5 Å². The smallest absolute Gasteiger partial charge is 0.142 e. The summed E-state index contributed by atoms with van der Waals surface area (Å²) in [7, 11) is 3.70. The number of anilines is 2. The molecule has 0 heterocycles. The number of para-hydroxylation sites is 2. The molecular formula is C16H20N2O2. The number of nitrogen functional groups attached to an aromatic ring is 1. The van der Waals surface area contributed by atoms with Gasteiger partial charge in [0.1, 0.15) is 18.1 Å². The second-order valence-corrected chi connectivity index (χ2v) is 4.51. The Morgan fingerprint density at radius 3 is 2.45 bits per heavy atom. The molecule has 2 N–H and O–H groups in total. The second-order valence-electron chi connectivity index (χ2n) is 4.51. The fraction of sp³-hybridized carbons (Fsp3) is 0.250. The Labute approximate surface area is 119 Å². The van der Waals surface area contributed by atoms with Crippen molar-refractivity contribution in [1.29, 1.82) is 0 Å². The summed E-state index contributed by atoms with van der Waals surface area (Å²) in [6.07, 6.45) is 0. The quantitative estimate of drug-likeness (QED) is 0.821. The van der Waals surface area contributed by atoms with Crippen molar-refractivity contribution >= 4 is 11.4 Å². The fourth-order valence-corrected chi connectivity index (χ4v) is 1.93. The van der Waals surface area contributed by atoms with E-state index in [1.165, 1.54) is 0 Å². The summed E-state index contributed by atoms with van der Waals surface area (Å²) in [6.45, 7) is 1.36. The van der Waals surface area contributed by atoms with Crippen LogP contribution in [-0.2, 0) is 0 Å². The largest absolute Gasteiger partial charge is 0.495 e. The zero-order valence-corrected chi connectivity index (χ0v) is 11.9. The first kappa shape index (κ1) is 14.1. The van der Waals surface area contributed by atoms with Crippen molar-refractivity contribution in [2.75, 3.05) is 37.9 Å². The first-order valence-electron chi connectivity index (χ1n) is 6.53. The lowest BCUT2D eigenvalue weighted by molar-refractivity contribution is 0.325. The number of hydrogen-bond acceptors (Lipinski definition) is 4. The highest BCUT2D eigenvalue weighted by molar-refractivity contribution is 5.57. The van der Waals surface area contributed by atoms with Crippen LogP contribution in [0.15, 0.2) is 48.5 Å². The monoisotopic (exact) mass is 272 g/mol. The van der Waals surface area contributed by atoms with Crippen LogP contribution in [0.4, 0.5) is 11.4 Å². The first-order valence-corrected chi connectivity index (χ1v) is 6.53. The van der Waals surface area contributed by atoms with Crippen molar-refractivity contribution in [2.24, 2.45) is 0 Å². The standard InChI is InChI=1S/C16H20N2O2/c1-18(15-5-3-4-6-16(15)19-2)11-12-20-14-9-7-13(17)8-10-14/h3-10H,11-12,17H2,1-2H3. The molecule has 0 spiro atoms. The lowest BCUT2D eigenvalue weighted by Crippen LogP contribution is -2.24. The highest BCUT2D eigenvalue weighted by atomic mass is 16.5. The van der Waals surface area contributed by atoms with Crippen molar-refractivity contribution < 1.29 is 9.47 Å². The topological polar surface area (TPSA) is 47.7 Å². The van der Waals surface area contributed by atoms with E-state index in [4.69, 9.17) is 15.2 Å². The van der Waals surface area contributed by atoms with Gasteiger partial charge in [0.25, 0.3) is 0 Å². The normalized spacial score (nSPS) is 10.1. The minimum absolute atomic E-state index is 0.596. The van der Waals surface area contributed by atoms with Crippen LogP contribution in [0.2, 0.25) is 0 Å². The molecule has 2 aromatic rings. The number of nitrogens with two attached hydrogens (primary N) is 1. The number of benzene rings is 2. The molecule has 0 atom stereocenters. The zero-order valence-electron chi connectivity index (χ0n) is 11.9. The van der Waals surface area contributed by atoms with Gasteiger partial charge in [-0.3, -0.25) is 0 Å². The van der Waals surface area contributed by atoms with Crippen LogP contribution >= 0.6 is 0 Å².